The van der Waals surface area contributed by atoms with Crippen LogP contribution in [0.15, 0.2) is 65.6 Å². The van der Waals surface area contributed by atoms with Gasteiger partial charge in [0.05, 0.1) is 10.6 Å². The molecular formula is C26H27N3O4S. The number of anilines is 3. The summed E-state index contributed by atoms with van der Waals surface area (Å²) in [5.41, 5.74) is 4.61. The van der Waals surface area contributed by atoms with Crippen LogP contribution in [0.3, 0.4) is 0 Å². The molecule has 3 aromatic rings. The van der Waals surface area contributed by atoms with Gasteiger partial charge >= 0.3 is 0 Å². The van der Waals surface area contributed by atoms with Crippen molar-refractivity contribution in [3.8, 4) is 0 Å². The van der Waals surface area contributed by atoms with E-state index < -0.39 is 10.0 Å². The number of hydrogen-bond acceptors (Lipinski definition) is 4. The van der Waals surface area contributed by atoms with Crippen molar-refractivity contribution in [1.29, 1.82) is 0 Å². The van der Waals surface area contributed by atoms with E-state index in [1.54, 1.807) is 43.0 Å². The van der Waals surface area contributed by atoms with Gasteiger partial charge in [-0.05, 0) is 79.8 Å². The molecule has 3 aromatic carbocycles. The standard InChI is InChI=1S/C26H27N3O4S/c1-17-14-23(15-18(2)25(17)27-19(3)30)34(32,33)28-22-12-11-20-10-7-13-29(24(20)16-22)26(31)21-8-5-4-6-9-21/h4-6,8-9,11-12,14-16,28H,7,10,13H2,1-3H3,(H,27,30). The first-order valence-electron chi connectivity index (χ1n) is 11.1. The Morgan fingerprint density at radius 3 is 2.26 bits per heavy atom. The molecule has 7 nitrogen and oxygen atoms in total. The molecule has 1 aliphatic rings. The maximum atomic E-state index is 13.2. The number of nitrogens with zero attached hydrogens (tertiary/aromatic N) is 1. The Labute approximate surface area is 199 Å². The third-order valence-electron chi connectivity index (χ3n) is 5.84. The Hall–Kier alpha value is -3.65. The Bertz CT molecular complexity index is 1350. The number of hydrogen-bond donors (Lipinski definition) is 2. The van der Waals surface area contributed by atoms with E-state index in [2.05, 4.69) is 10.0 Å². The Kier molecular flexibility index (Phi) is 6.43. The monoisotopic (exact) mass is 477 g/mol. The number of fused-ring (bicyclic) bond motifs is 1. The molecule has 0 unspecified atom stereocenters. The van der Waals surface area contributed by atoms with Gasteiger partial charge in [-0.25, -0.2) is 8.42 Å². The molecule has 176 valence electrons. The highest BCUT2D eigenvalue weighted by atomic mass is 32.2. The molecule has 0 fully saturated rings. The van der Waals surface area contributed by atoms with Crippen LogP contribution in [0.4, 0.5) is 17.1 Å². The smallest absolute Gasteiger partial charge is 0.261 e. The lowest BCUT2D eigenvalue weighted by molar-refractivity contribution is -0.114. The maximum absolute atomic E-state index is 13.2. The number of nitrogens with one attached hydrogen (secondary N) is 2. The fraction of sp³-hybridized carbons (Fsp3) is 0.231. The van der Waals surface area contributed by atoms with Crippen molar-refractivity contribution in [2.24, 2.45) is 0 Å². The second-order valence-corrected chi connectivity index (χ2v) is 10.2. The maximum Gasteiger partial charge on any atom is 0.261 e. The van der Waals surface area contributed by atoms with Crippen LogP contribution >= 0.6 is 0 Å². The lowest BCUT2D eigenvalue weighted by atomic mass is 10.00. The van der Waals surface area contributed by atoms with Gasteiger partial charge < -0.3 is 10.2 Å². The van der Waals surface area contributed by atoms with Crippen molar-refractivity contribution in [1.82, 2.24) is 0 Å². The largest absolute Gasteiger partial charge is 0.326 e. The van der Waals surface area contributed by atoms with E-state index in [1.807, 2.05) is 24.3 Å². The van der Waals surface area contributed by atoms with E-state index in [9.17, 15) is 18.0 Å². The molecule has 2 N–H and O–H groups in total. The summed E-state index contributed by atoms with van der Waals surface area (Å²) in [5.74, 6) is -0.329. The first-order chi connectivity index (χ1) is 16.2. The molecule has 1 heterocycles. The Balaban J connectivity index is 1.64. The molecule has 0 aromatic heterocycles. The molecule has 0 aliphatic carbocycles. The van der Waals surface area contributed by atoms with Crippen LogP contribution in [0.1, 0.15) is 40.4 Å². The first-order valence-corrected chi connectivity index (χ1v) is 12.6. The third-order valence-corrected chi connectivity index (χ3v) is 7.20. The predicted molar refractivity (Wildman–Crippen MR) is 134 cm³/mol. The average molecular weight is 478 g/mol. The number of sulfonamides is 1. The normalized spacial score (nSPS) is 13.2. The van der Waals surface area contributed by atoms with Gasteiger partial charge in [-0.15, -0.1) is 0 Å². The number of carbonyl (C=O) groups is 2. The Morgan fingerprint density at radius 2 is 1.62 bits per heavy atom. The minimum Gasteiger partial charge on any atom is -0.326 e. The second kappa shape index (κ2) is 9.30. The van der Waals surface area contributed by atoms with Crippen molar-refractivity contribution in [3.63, 3.8) is 0 Å². The molecule has 0 bridgehead atoms. The van der Waals surface area contributed by atoms with Crippen LogP contribution in [0, 0.1) is 13.8 Å². The minimum atomic E-state index is -3.89. The second-order valence-electron chi connectivity index (χ2n) is 8.49. The molecule has 0 radical (unpaired) electrons. The molecule has 0 saturated carbocycles. The van der Waals surface area contributed by atoms with Crippen molar-refractivity contribution in [3.05, 3.63) is 82.9 Å². The average Bonchev–Trinajstić information content (AvgIpc) is 2.80. The molecule has 0 atom stereocenters. The summed E-state index contributed by atoms with van der Waals surface area (Å²) >= 11 is 0. The van der Waals surface area contributed by atoms with E-state index in [1.165, 1.54) is 19.1 Å². The molecule has 1 aliphatic heterocycles. The van der Waals surface area contributed by atoms with Crippen molar-refractivity contribution < 1.29 is 18.0 Å². The SMILES string of the molecule is CC(=O)Nc1c(C)cc(S(=O)(=O)Nc2ccc3c(c2)N(C(=O)c2ccccc2)CCC3)cc1C. The van der Waals surface area contributed by atoms with Crippen LogP contribution in [0.2, 0.25) is 0 Å². The van der Waals surface area contributed by atoms with Gasteiger partial charge in [-0.3, -0.25) is 14.3 Å². The molecule has 8 heteroatoms. The number of amides is 2. The minimum absolute atomic E-state index is 0.103. The topological polar surface area (TPSA) is 95.6 Å². The number of carbonyl (C=O) groups excluding carboxylic acids is 2. The van der Waals surface area contributed by atoms with Gasteiger partial charge in [0, 0.05) is 30.4 Å². The van der Waals surface area contributed by atoms with Crippen LogP contribution in [0.25, 0.3) is 0 Å². The molecule has 0 spiro atoms. The van der Waals surface area contributed by atoms with Crippen LogP contribution in [-0.4, -0.2) is 26.8 Å². The van der Waals surface area contributed by atoms with Gasteiger partial charge in [-0.1, -0.05) is 24.3 Å². The zero-order valence-electron chi connectivity index (χ0n) is 19.4. The quantitative estimate of drug-likeness (QED) is 0.559. The third kappa shape index (κ3) is 4.82. The lowest BCUT2D eigenvalue weighted by Gasteiger charge is -2.30. The summed E-state index contributed by atoms with van der Waals surface area (Å²) in [6, 6.07) is 17.4. The highest BCUT2D eigenvalue weighted by Gasteiger charge is 2.25. The highest BCUT2D eigenvalue weighted by Crippen LogP contribution is 2.33. The summed E-state index contributed by atoms with van der Waals surface area (Å²) in [7, 11) is -3.89. The van der Waals surface area contributed by atoms with Gasteiger partial charge in [0.15, 0.2) is 0 Å². The van der Waals surface area contributed by atoms with Crippen LogP contribution < -0.4 is 14.9 Å². The van der Waals surface area contributed by atoms with Gasteiger partial charge in [0.2, 0.25) is 5.91 Å². The molecule has 0 saturated heterocycles. The van der Waals surface area contributed by atoms with E-state index >= 15 is 0 Å². The van der Waals surface area contributed by atoms with Gasteiger partial charge in [-0.2, -0.15) is 0 Å². The summed E-state index contributed by atoms with van der Waals surface area (Å²) in [5, 5.41) is 2.74. The zero-order valence-corrected chi connectivity index (χ0v) is 20.2. The number of rotatable bonds is 5. The molecular weight excluding hydrogens is 450 g/mol. The van der Waals surface area contributed by atoms with Crippen molar-refractivity contribution >= 4 is 38.9 Å². The number of benzene rings is 3. The predicted octanol–water partition coefficient (Wildman–Crippen LogP) is 4.66. The summed E-state index contributed by atoms with van der Waals surface area (Å²) < 4.78 is 29.0. The van der Waals surface area contributed by atoms with E-state index in [0.717, 1.165) is 18.4 Å². The summed E-state index contributed by atoms with van der Waals surface area (Å²) in [6.07, 6.45) is 1.67. The Morgan fingerprint density at radius 1 is 0.941 bits per heavy atom. The van der Waals surface area contributed by atoms with E-state index in [4.69, 9.17) is 0 Å². The van der Waals surface area contributed by atoms with Crippen LogP contribution in [-0.2, 0) is 21.2 Å². The van der Waals surface area contributed by atoms with Crippen LogP contribution in [0.5, 0.6) is 0 Å². The van der Waals surface area contributed by atoms with Gasteiger partial charge in [0.1, 0.15) is 0 Å². The number of aryl methyl sites for hydroxylation is 3. The van der Waals surface area contributed by atoms with Crippen molar-refractivity contribution in [2.75, 3.05) is 21.5 Å². The molecule has 34 heavy (non-hydrogen) atoms. The first kappa shape index (κ1) is 23.5. The summed E-state index contributed by atoms with van der Waals surface area (Å²) in [4.78, 5) is 26.4. The highest BCUT2D eigenvalue weighted by molar-refractivity contribution is 7.92. The zero-order chi connectivity index (χ0) is 24.5. The molecule has 2 amide bonds. The lowest BCUT2D eigenvalue weighted by Crippen LogP contribution is -2.35. The fourth-order valence-electron chi connectivity index (χ4n) is 4.25. The van der Waals surface area contributed by atoms with Crippen molar-refractivity contribution in [2.45, 2.75) is 38.5 Å². The summed E-state index contributed by atoms with van der Waals surface area (Å²) in [6.45, 7) is 5.49. The van der Waals surface area contributed by atoms with E-state index in [0.29, 0.717) is 40.3 Å². The van der Waals surface area contributed by atoms with E-state index in [-0.39, 0.29) is 16.7 Å². The molecule has 4 rings (SSSR count). The van der Waals surface area contributed by atoms with Gasteiger partial charge in [0.25, 0.3) is 15.9 Å². The fourth-order valence-corrected chi connectivity index (χ4v) is 5.47.